The molecule has 0 radical (unpaired) electrons. The predicted octanol–water partition coefficient (Wildman–Crippen LogP) is 1.01. The van der Waals surface area contributed by atoms with Crippen LogP contribution in [0.25, 0.3) is 0 Å². The van der Waals surface area contributed by atoms with Crippen LogP contribution in [0, 0.1) is 0 Å². The normalized spacial score (nSPS) is 18.5. The van der Waals surface area contributed by atoms with Gasteiger partial charge >= 0.3 is 0 Å². The van der Waals surface area contributed by atoms with Gasteiger partial charge in [0.25, 0.3) is 0 Å². The summed E-state index contributed by atoms with van der Waals surface area (Å²) in [5, 5.41) is 6.55. The average molecular weight is 335 g/mol. The first-order chi connectivity index (χ1) is 11.7. The molecule has 2 rings (SSSR count). The monoisotopic (exact) mass is 335 g/mol. The number of methoxy groups -OCH3 is 1. The third kappa shape index (κ3) is 5.98. The number of nitrogens with zero attached hydrogens (tertiary/aromatic N) is 3. The van der Waals surface area contributed by atoms with Gasteiger partial charge in [0.1, 0.15) is 5.82 Å². The Morgan fingerprint density at radius 2 is 2.33 bits per heavy atom. The van der Waals surface area contributed by atoms with E-state index in [9.17, 15) is 0 Å². The van der Waals surface area contributed by atoms with E-state index in [0.29, 0.717) is 6.54 Å². The standard InChI is InChI=1S/C17H29N5O2/c1-14-13-22(8-10-24-14)16-6-5-15(11-20-16)12-21-17(18-2)19-7-4-9-23-3/h5-6,11,14H,4,7-10,12-13H2,1-3H3,(H2,18,19,21). The summed E-state index contributed by atoms with van der Waals surface area (Å²) in [6.07, 6.45) is 3.13. The number of hydrogen-bond acceptors (Lipinski definition) is 5. The summed E-state index contributed by atoms with van der Waals surface area (Å²) in [7, 11) is 3.48. The first-order valence-electron chi connectivity index (χ1n) is 8.48. The average Bonchev–Trinajstić information content (AvgIpc) is 2.61. The molecule has 1 saturated heterocycles. The Hall–Kier alpha value is -1.86. The van der Waals surface area contributed by atoms with Gasteiger partial charge in [-0.2, -0.15) is 0 Å². The summed E-state index contributed by atoms with van der Waals surface area (Å²) < 4.78 is 10.6. The van der Waals surface area contributed by atoms with E-state index in [4.69, 9.17) is 9.47 Å². The molecule has 2 N–H and O–H groups in total. The number of aliphatic imine (C=N–C) groups is 1. The number of aromatic nitrogens is 1. The van der Waals surface area contributed by atoms with E-state index >= 15 is 0 Å². The fraction of sp³-hybridized carbons (Fsp3) is 0.647. The largest absolute Gasteiger partial charge is 0.385 e. The van der Waals surface area contributed by atoms with Crippen molar-refractivity contribution in [2.24, 2.45) is 4.99 Å². The van der Waals surface area contributed by atoms with Crippen LogP contribution in [0.4, 0.5) is 5.82 Å². The number of nitrogens with one attached hydrogen (secondary N) is 2. The summed E-state index contributed by atoms with van der Waals surface area (Å²) in [5.74, 6) is 1.80. The highest BCUT2D eigenvalue weighted by Crippen LogP contribution is 2.15. The SMILES string of the molecule is CN=C(NCCCOC)NCc1ccc(N2CCOC(C)C2)nc1. The van der Waals surface area contributed by atoms with Crippen LogP contribution in [0.1, 0.15) is 18.9 Å². The molecule has 1 aromatic heterocycles. The predicted molar refractivity (Wildman–Crippen MR) is 96.6 cm³/mol. The number of ether oxygens (including phenoxy) is 2. The molecule has 0 bridgehead atoms. The Morgan fingerprint density at radius 3 is 3.00 bits per heavy atom. The van der Waals surface area contributed by atoms with E-state index in [1.54, 1.807) is 14.2 Å². The molecule has 7 heteroatoms. The molecule has 1 aromatic rings. The lowest BCUT2D eigenvalue weighted by molar-refractivity contribution is 0.0529. The number of anilines is 1. The summed E-state index contributed by atoms with van der Waals surface area (Å²) in [4.78, 5) is 11.1. The smallest absolute Gasteiger partial charge is 0.191 e. The molecule has 1 unspecified atom stereocenters. The first-order valence-corrected chi connectivity index (χ1v) is 8.48. The van der Waals surface area contributed by atoms with Crippen LogP contribution < -0.4 is 15.5 Å². The Balaban J connectivity index is 1.78. The van der Waals surface area contributed by atoms with E-state index in [0.717, 1.165) is 56.6 Å². The van der Waals surface area contributed by atoms with Gasteiger partial charge in [-0.05, 0) is 25.0 Å². The molecule has 24 heavy (non-hydrogen) atoms. The van der Waals surface area contributed by atoms with Crippen LogP contribution in [-0.2, 0) is 16.0 Å². The Morgan fingerprint density at radius 1 is 1.46 bits per heavy atom. The van der Waals surface area contributed by atoms with Crippen molar-refractivity contribution in [2.75, 3.05) is 51.9 Å². The third-order valence-corrected chi connectivity index (χ3v) is 3.88. The fourth-order valence-electron chi connectivity index (χ4n) is 2.56. The van der Waals surface area contributed by atoms with Crippen molar-refractivity contribution in [1.29, 1.82) is 0 Å². The summed E-state index contributed by atoms with van der Waals surface area (Å²) >= 11 is 0. The Labute approximate surface area is 144 Å². The van der Waals surface area contributed by atoms with E-state index in [2.05, 4.69) is 44.6 Å². The van der Waals surface area contributed by atoms with Crippen molar-refractivity contribution in [1.82, 2.24) is 15.6 Å². The lowest BCUT2D eigenvalue weighted by atomic mass is 10.2. The Bertz CT molecular complexity index is 506. The van der Waals surface area contributed by atoms with Gasteiger partial charge in [0.05, 0.1) is 12.7 Å². The summed E-state index contributed by atoms with van der Waals surface area (Å²) in [5.41, 5.74) is 1.12. The van der Waals surface area contributed by atoms with Crippen molar-refractivity contribution in [3.05, 3.63) is 23.9 Å². The number of guanidine groups is 1. The molecule has 1 aliphatic rings. The lowest BCUT2D eigenvalue weighted by Crippen LogP contribution is -2.41. The molecule has 0 aliphatic carbocycles. The van der Waals surface area contributed by atoms with E-state index in [1.807, 2.05) is 6.20 Å². The second kappa shape index (κ2) is 10.1. The van der Waals surface area contributed by atoms with Gasteiger partial charge in [-0.25, -0.2) is 4.98 Å². The van der Waals surface area contributed by atoms with Crippen LogP contribution in [0.2, 0.25) is 0 Å². The van der Waals surface area contributed by atoms with E-state index in [1.165, 1.54) is 0 Å². The minimum Gasteiger partial charge on any atom is -0.385 e. The van der Waals surface area contributed by atoms with Crippen LogP contribution in [-0.4, -0.2) is 64.1 Å². The number of pyridine rings is 1. The van der Waals surface area contributed by atoms with Crippen LogP contribution in [0.3, 0.4) is 0 Å². The first kappa shape index (κ1) is 18.5. The van der Waals surface area contributed by atoms with Crippen molar-refractivity contribution < 1.29 is 9.47 Å². The second-order valence-electron chi connectivity index (χ2n) is 5.85. The van der Waals surface area contributed by atoms with Crippen molar-refractivity contribution in [3.8, 4) is 0 Å². The highest BCUT2D eigenvalue weighted by atomic mass is 16.5. The molecular weight excluding hydrogens is 306 g/mol. The topological polar surface area (TPSA) is 71.0 Å². The zero-order valence-corrected chi connectivity index (χ0v) is 14.9. The summed E-state index contributed by atoms with van der Waals surface area (Å²) in [6, 6.07) is 4.18. The highest BCUT2D eigenvalue weighted by molar-refractivity contribution is 5.79. The zero-order chi connectivity index (χ0) is 17.2. The van der Waals surface area contributed by atoms with Gasteiger partial charge < -0.3 is 25.0 Å². The molecule has 0 spiro atoms. The van der Waals surface area contributed by atoms with Gasteiger partial charge in [-0.15, -0.1) is 0 Å². The van der Waals surface area contributed by atoms with Gasteiger partial charge in [0.15, 0.2) is 5.96 Å². The highest BCUT2D eigenvalue weighted by Gasteiger charge is 2.17. The van der Waals surface area contributed by atoms with Gasteiger partial charge in [0.2, 0.25) is 0 Å². The van der Waals surface area contributed by atoms with Gasteiger partial charge in [0, 0.05) is 53.1 Å². The molecule has 0 amide bonds. The molecule has 7 nitrogen and oxygen atoms in total. The number of rotatable bonds is 7. The molecule has 0 saturated carbocycles. The fourth-order valence-corrected chi connectivity index (χ4v) is 2.56. The van der Waals surface area contributed by atoms with Crippen LogP contribution in [0.15, 0.2) is 23.3 Å². The minimum atomic E-state index is 0.259. The number of morpholine rings is 1. The van der Waals surface area contributed by atoms with Crippen LogP contribution >= 0.6 is 0 Å². The van der Waals surface area contributed by atoms with E-state index in [-0.39, 0.29) is 6.10 Å². The maximum atomic E-state index is 5.57. The molecule has 1 aliphatic heterocycles. The minimum absolute atomic E-state index is 0.259. The molecule has 2 heterocycles. The zero-order valence-electron chi connectivity index (χ0n) is 14.9. The van der Waals surface area contributed by atoms with Crippen molar-refractivity contribution in [3.63, 3.8) is 0 Å². The molecule has 134 valence electrons. The van der Waals surface area contributed by atoms with Gasteiger partial charge in [-0.1, -0.05) is 6.07 Å². The molecular formula is C17H29N5O2. The second-order valence-corrected chi connectivity index (χ2v) is 5.85. The van der Waals surface area contributed by atoms with E-state index < -0.39 is 0 Å². The number of hydrogen-bond donors (Lipinski definition) is 2. The lowest BCUT2D eigenvalue weighted by Gasteiger charge is -2.32. The molecule has 0 aromatic carbocycles. The van der Waals surface area contributed by atoms with Gasteiger partial charge in [-0.3, -0.25) is 4.99 Å². The maximum absolute atomic E-state index is 5.57. The maximum Gasteiger partial charge on any atom is 0.191 e. The van der Waals surface area contributed by atoms with Crippen molar-refractivity contribution in [2.45, 2.75) is 26.0 Å². The summed E-state index contributed by atoms with van der Waals surface area (Å²) in [6.45, 7) is 6.91. The quantitative estimate of drug-likeness (QED) is 0.440. The molecule has 1 atom stereocenters. The van der Waals surface area contributed by atoms with Crippen LogP contribution in [0.5, 0.6) is 0 Å². The third-order valence-electron chi connectivity index (χ3n) is 3.88. The Kier molecular flexibility index (Phi) is 7.77. The molecule has 1 fully saturated rings. The van der Waals surface area contributed by atoms with Crippen molar-refractivity contribution >= 4 is 11.8 Å².